The molecular weight excluding hydrogens is 284 g/mol. The molecule has 5 nitrogen and oxygen atoms in total. The number of aromatic nitrogens is 2. The molecule has 0 radical (unpaired) electrons. The van der Waals surface area contributed by atoms with Crippen LogP contribution in [0.15, 0.2) is 10.7 Å². The molecule has 1 atom stereocenters. The first-order valence-electron chi connectivity index (χ1n) is 5.61. The van der Waals surface area contributed by atoms with E-state index in [-0.39, 0.29) is 6.04 Å². The summed E-state index contributed by atoms with van der Waals surface area (Å²) in [6.07, 6.45) is 2.56. The minimum atomic E-state index is 0.269. The van der Waals surface area contributed by atoms with E-state index in [1.54, 1.807) is 13.3 Å². The van der Waals surface area contributed by atoms with Gasteiger partial charge in [0.05, 0.1) is 17.8 Å². The Morgan fingerprint density at radius 3 is 2.76 bits per heavy atom. The zero-order valence-corrected chi connectivity index (χ0v) is 12.0. The average Bonchev–Trinajstić information content (AvgIpc) is 2.30. The third kappa shape index (κ3) is 4.12. The summed E-state index contributed by atoms with van der Waals surface area (Å²) in [5, 5.41) is 3.28. The first kappa shape index (κ1) is 14.2. The van der Waals surface area contributed by atoms with E-state index >= 15 is 0 Å². The summed E-state index contributed by atoms with van der Waals surface area (Å²) in [6, 6.07) is 0.269. The molecule has 0 amide bonds. The molecule has 1 aromatic heterocycles. The molecule has 0 bridgehead atoms. The third-order valence-electron chi connectivity index (χ3n) is 2.50. The fourth-order valence-electron chi connectivity index (χ4n) is 1.48. The van der Waals surface area contributed by atoms with Crippen LogP contribution < -0.4 is 15.8 Å². The second-order valence-corrected chi connectivity index (χ2v) is 4.98. The van der Waals surface area contributed by atoms with Gasteiger partial charge in [0.25, 0.3) is 0 Å². The van der Waals surface area contributed by atoms with Gasteiger partial charge in [0, 0.05) is 6.04 Å². The Balaban J connectivity index is 2.78. The molecule has 0 saturated heterocycles. The van der Waals surface area contributed by atoms with Crippen molar-refractivity contribution in [3.8, 4) is 5.88 Å². The maximum atomic E-state index is 5.59. The molecule has 1 rings (SSSR count). The molecule has 0 aliphatic rings. The van der Waals surface area contributed by atoms with Crippen LogP contribution in [0.4, 0.5) is 5.95 Å². The molecule has 17 heavy (non-hydrogen) atoms. The van der Waals surface area contributed by atoms with Crippen molar-refractivity contribution in [2.24, 2.45) is 11.7 Å². The van der Waals surface area contributed by atoms with Crippen LogP contribution in [0.25, 0.3) is 0 Å². The van der Waals surface area contributed by atoms with E-state index in [1.165, 1.54) is 0 Å². The minimum absolute atomic E-state index is 0.269. The van der Waals surface area contributed by atoms with E-state index in [0.717, 1.165) is 10.9 Å². The molecule has 0 spiro atoms. The number of methoxy groups -OCH3 is 1. The van der Waals surface area contributed by atoms with Crippen molar-refractivity contribution in [2.45, 2.75) is 26.3 Å². The van der Waals surface area contributed by atoms with Gasteiger partial charge in [0.15, 0.2) is 0 Å². The van der Waals surface area contributed by atoms with E-state index in [1.807, 2.05) is 0 Å². The summed E-state index contributed by atoms with van der Waals surface area (Å²) in [6.45, 7) is 4.93. The largest absolute Gasteiger partial charge is 0.480 e. The summed E-state index contributed by atoms with van der Waals surface area (Å²) in [7, 11) is 1.58. The Labute approximate surface area is 110 Å². The van der Waals surface area contributed by atoms with Crippen molar-refractivity contribution in [2.75, 3.05) is 19.0 Å². The molecule has 1 unspecified atom stereocenters. The summed E-state index contributed by atoms with van der Waals surface area (Å²) in [4.78, 5) is 8.46. The topological polar surface area (TPSA) is 73.1 Å². The fourth-order valence-corrected chi connectivity index (χ4v) is 1.83. The van der Waals surface area contributed by atoms with Gasteiger partial charge in [0.2, 0.25) is 11.8 Å². The second kappa shape index (κ2) is 6.76. The van der Waals surface area contributed by atoms with Gasteiger partial charge < -0.3 is 15.8 Å². The average molecular weight is 303 g/mol. The number of ether oxygens (including phenoxy) is 1. The zero-order chi connectivity index (χ0) is 12.8. The normalized spacial score (nSPS) is 12.6. The molecular formula is C11H19BrN4O. The van der Waals surface area contributed by atoms with Gasteiger partial charge in [-0.05, 0) is 34.8 Å². The third-order valence-corrected chi connectivity index (χ3v) is 3.05. The summed E-state index contributed by atoms with van der Waals surface area (Å²) in [5.74, 6) is 1.56. The van der Waals surface area contributed by atoms with Crippen LogP contribution in [0, 0.1) is 5.92 Å². The highest BCUT2D eigenvalue weighted by Gasteiger charge is 2.14. The van der Waals surface area contributed by atoms with Gasteiger partial charge in [-0.25, -0.2) is 4.98 Å². The Hall–Kier alpha value is -0.880. The predicted octanol–water partition coefficient (Wildman–Crippen LogP) is 2.03. The Morgan fingerprint density at radius 2 is 2.24 bits per heavy atom. The number of nitrogens with one attached hydrogen (secondary N) is 1. The van der Waals surface area contributed by atoms with Crippen molar-refractivity contribution in [1.29, 1.82) is 0 Å². The minimum Gasteiger partial charge on any atom is -0.480 e. The van der Waals surface area contributed by atoms with Crippen LogP contribution in [0.3, 0.4) is 0 Å². The maximum Gasteiger partial charge on any atom is 0.232 e. The Kier molecular flexibility index (Phi) is 5.64. The predicted molar refractivity (Wildman–Crippen MR) is 72.2 cm³/mol. The maximum absolute atomic E-state index is 5.59. The lowest BCUT2D eigenvalue weighted by Crippen LogP contribution is -2.29. The van der Waals surface area contributed by atoms with Gasteiger partial charge in [-0.1, -0.05) is 13.8 Å². The number of nitrogens with two attached hydrogens (primary N) is 1. The molecule has 0 saturated carbocycles. The number of nitrogens with zero attached hydrogens (tertiary/aromatic N) is 2. The van der Waals surface area contributed by atoms with Crippen molar-refractivity contribution in [1.82, 2.24) is 9.97 Å². The molecule has 3 N–H and O–H groups in total. The smallest absolute Gasteiger partial charge is 0.232 e. The van der Waals surface area contributed by atoms with Crippen LogP contribution in [0.1, 0.15) is 20.3 Å². The molecule has 1 heterocycles. The zero-order valence-electron chi connectivity index (χ0n) is 10.4. The second-order valence-electron chi connectivity index (χ2n) is 4.12. The van der Waals surface area contributed by atoms with E-state index < -0.39 is 0 Å². The van der Waals surface area contributed by atoms with Crippen molar-refractivity contribution in [3.05, 3.63) is 10.7 Å². The molecule has 0 aromatic carbocycles. The SMILES string of the molecule is COc1nc(NC(CCN)C(C)C)ncc1Br. The standard InChI is InChI=1S/C11H19BrN4O/c1-7(2)9(4-5-13)15-11-14-6-8(12)10(16-11)17-3/h6-7,9H,4-5,13H2,1-3H3,(H,14,15,16). The van der Waals surface area contributed by atoms with Crippen molar-refractivity contribution in [3.63, 3.8) is 0 Å². The van der Waals surface area contributed by atoms with Crippen LogP contribution >= 0.6 is 15.9 Å². The van der Waals surface area contributed by atoms with Gasteiger partial charge in [-0.15, -0.1) is 0 Å². The molecule has 1 aromatic rings. The van der Waals surface area contributed by atoms with Crippen LogP contribution in [-0.2, 0) is 0 Å². The van der Waals surface area contributed by atoms with E-state index in [4.69, 9.17) is 10.5 Å². The van der Waals surface area contributed by atoms with E-state index in [0.29, 0.717) is 24.3 Å². The molecule has 0 aliphatic heterocycles. The lowest BCUT2D eigenvalue weighted by atomic mass is 10.0. The highest BCUT2D eigenvalue weighted by Crippen LogP contribution is 2.22. The summed E-state index contributed by atoms with van der Waals surface area (Å²) in [5.41, 5.74) is 5.59. The number of rotatable bonds is 6. The van der Waals surface area contributed by atoms with Crippen molar-refractivity contribution < 1.29 is 4.74 Å². The monoisotopic (exact) mass is 302 g/mol. The van der Waals surface area contributed by atoms with Gasteiger partial charge in [0.1, 0.15) is 0 Å². The van der Waals surface area contributed by atoms with Crippen molar-refractivity contribution >= 4 is 21.9 Å². The molecule has 6 heteroatoms. The van der Waals surface area contributed by atoms with E-state index in [2.05, 4.69) is 45.1 Å². The molecule has 0 aliphatic carbocycles. The van der Waals surface area contributed by atoms with E-state index in [9.17, 15) is 0 Å². The molecule has 96 valence electrons. The number of anilines is 1. The van der Waals surface area contributed by atoms with Gasteiger partial charge in [-0.2, -0.15) is 4.98 Å². The lowest BCUT2D eigenvalue weighted by molar-refractivity contribution is 0.393. The van der Waals surface area contributed by atoms with Crippen LogP contribution in [0.5, 0.6) is 5.88 Å². The number of halogens is 1. The van der Waals surface area contributed by atoms with Gasteiger partial charge in [-0.3, -0.25) is 0 Å². The van der Waals surface area contributed by atoms with Crippen LogP contribution in [-0.4, -0.2) is 29.7 Å². The lowest BCUT2D eigenvalue weighted by Gasteiger charge is -2.21. The Bertz CT molecular complexity index is 359. The quantitative estimate of drug-likeness (QED) is 0.841. The highest BCUT2D eigenvalue weighted by atomic mass is 79.9. The van der Waals surface area contributed by atoms with Crippen LogP contribution in [0.2, 0.25) is 0 Å². The first-order valence-corrected chi connectivity index (χ1v) is 6.41. The first-order chi connectivity index (χ1) is 8.08. The fraction of sp³-hybridized carbons (Fsp3) is 0.636. The van der Waals surface area contributed by atoms with Gasteiger partial charge >= 0.3 is 0 Å². The number of hydrogen-bond donors (Lipinski definition) is 2. The Morgan fingerprint density at radius 1 is 1.53 bits per heavy atom. The highest BCUT2D eigenvalue weighted by molar-refractivity contribution is 9.10. The number of hydrogen-bond acceptors (Lipinski definition) is 5. The molecule has 0 fully saturated rings. The summed E-state index contributed by atoms with van der Waals surface area (Å²) < 4.78 is 5.87. The summed E-state index contributed by atoms with van der Waals surface area (Å²) >= 11 is 3.32.